The molecule has 5 heteroatoms. The quantitative estimate of drug-likeness (QED) is 0.552. The van der Waals surface area contributed by atoms with Crippen LogP contribution < -0.4 is 10.1 Å². The SMILES string of the molecule is Cc1ccc(OC(C)C(=O)Nc2c(-c3ccccc3)nc3ccccn23)cc1. The molecule has 1 N–H and O–H groups in total. The van der Waals surface area contributed by atoms with Gasteiger partial charge in [-0.05, 0) is 38.1 Å². The molecule has 0 aliphatic rings. The first-order valence-electron chi connectivity index (χ1n) is 9.18. The van der Waals surface area contributed by atoms with Gasteiger partial charge in [-0.2, -0.15) is 0 Å². The highest BCUT2D eigenvalue weighted by molar-refractivity contribution is 5.97. The Morgan fingerprint density at radius 1 is 1.00 bits per heavy atom. The highest BCUT2D eigenvalue weighted by atomic mass is 16.5. The van der Waals surface area contributed by atoms with Gasteiger partial charge in [-0.1, -0.05) is 54.1 Å². The summed E-state index contributed by atoms with van der Waals surface area (Å²) < 4.78 is 7.67. The van der Waals surface area contributed by atoms with Gasteiger partial charge >= 0.3 is 0 Å². The molecule has 0 fully saturated rings. The average molecular weight is 371 g/mol. The van der Waals surface area contributed by atoms with Crippen molar-refractivity contribution in [3.8, 4) is 17.0 Å². The van der Waals surface area contributed by atoms with Crippen molar-refractivity contribution in [1.29, 1.82) is 0 Å². The molecule has 2 aromatic heterocycles. The minimum absolute atomic E-state index is 0.233. The Morgan fingerprint density at radius 2 is 1.71 bits per heavy atom. The number of pyridine rings is 1. The minimum Gasteiger partial charge on any atom is -0.481 e. The Hall–Kier alpha value is -3.60. The molecule has 0 aliphatic carbocycles. The van der Waals surface area contributed by atoms with Crippen molar-refractivity contribution >= 4 is 17.4 Å². The average Bonchev–Trinajstić information content (AvgIpc) is 3.09. The van der Waals surface area contributed by atoms with Gasteiger partial charge in [-0.15, -0.1) is 0 Å². The summed E-state index contributed by atoms with van der Waals surface area (Å²) in [4.78, 5) is 17.5. The van der Waals surface area contributed by atoms with Crippen molar-refractivity contribution < 1.29 is 9.53 Å². The number of fused-ring (bicyclic) bond motifs is 1. The van der Waals surface area contributed by atoms with Gasteiger partial charge in [0.15, 0.2) is 6.10 Å². The second kappa shape index (κ2) is 7.56. The fraction of sp³-hybridized carbons (Fsp3) is 0.130. The number of amides is 1. The van der Waals surface area contributed by atoms with Crippen LogP contribution in [-0.2, 0) is 4.79 Å². The fourth-order valence-corrected chi connectivity index (χ4v) is 3.01. The molecule has 0 spiro atoms. The van der Waals surface area contributed by atoms with Crippen molar-refractivity contribution in [3.05, 3.63) is 84.6 Å². The van der Waals surface area contributed by atoms with E-state index in [1.54, 1.807) is 6.92 Å². The first kappa shape index (κ1) is 17.8. The molecule has 1 unspecified atom stereocenters. The Labute approximate surface area is 163 Å². The summed E-state index contributed by atoms with van der Waals surface area (Å²) in [6.45, 7) is 3.75. The van der Waals surface area contributed by atoms with Crippen LogP contribution in [0.25, 0.3) is 16.9 Å². The molecule has 1 atom stereocenters. The molecule has 0 saturated heterocycles. The van der Waals surface area contributed by atoms with E-state index < -0.39 is 6.10 Å². The lowest BCUT2D eigenvalue weighted by Gasteiger charge is -2.15. The number of carbonyl (C=O) groups is 1. The van der Waals surface area contributed by atoms with Crippen LogP contribution in [0.5, 0.6) is 5.75 Å². The van der Waals surface area contributed by atoms with Crippen LogP contribution in [0, 0.1) is 6.92 Å². The third-order valence-corrected chi connectivity index (χ3v) is 4.52. The smallest absolute Gasteiger partial charge is 0.266 e. The fourth-order valence-electron chi connectivity index (χ4n) is 3.01. The Morgan fingerprint density at radius 3 is 2.46 bits per heavy atom. The van der Waals surface area contributed by atoms with E-state index in [0.717, 1.165) is 22.5 Å². The molecule has 28 heavy (non-hydrogen) atoms. The zero-order chi connectivity index (χ0) is 19.5. The van der Waals surface area contributed by atoms with Crippen molar-refractivity contribution in [2.75, 3.05) is 5.32 Å². The summed E-state index contributed by atoms with van der Waals surface area (Å²) in [6.07, 6.45) is 1.23. The topological polar surface area (TPSA) is 55.6 Å². The Bertz CT molecular complexity index is 1100. The standard InChI is InChI=1S/C23H21N3O2/c1-16-11-13-19(14-12-16)28-17(2)23(27)25-22-21(18-8-4-3-5-9-18)24-20-10-6-7-15-26(20)22/h3-15,17H,1-2H3,(H,25,27). The molecule has 0 bridgehead atoms. The second-order valence-electron chi connectivity index (χ2n) is 6.67. The molecule has 4 aromatic rings. The molecule has 0 saturated carbocycles. The first-order chi connectivity index (χ1) is 13.6. The number of hydrogen-bond acceptors (Lipinski definition) is 3. The van der Waals surface area contributed by atoms with Crippen LogP contribution in [0.2, 0.25) is 0 Å². The summed E-state index contributed by atoms with van der Waals surface area (Å²) >= 11 is 0. The van der Waals surface area contributed by atoms with Gasteiger partial charge in [-0.25, -0.2) is 4.98 Å². The number of nitrogens with one attached hydrogen (secondary N) is 1. The van der Waals surface area contributed by atoms with Crippen molar-refractivity contribution in [2.24, 2.45) is 0 Å². The highest BCUT2D eigenvalue weighted by Gasteiger charge is 2.20. The van der Waals surface area contributed by atoms with Gasteiger partial charge < -0.3 is 10.1 Å². The molecular weight excluding hydrogens is 350 g/mol. The van der Waals surface area contributed by atoms with Crippen molar-refractivity contribution in [2.45, 2.75) is 20.0 Å². The zero-order valence-electron chi connectivity index (χ0n) is 15.8. The van der Waals surface area contributed by atoms with E-state index >= 15 is 0 Å². The summed E-state index contributed by atoms with van der Waals surface area (Å²) in [5, 5.41) is 3.00. The normalized spacial score (nSPS) is 11.9. The number of imidazole rings is 1. The van der Waals surface area contributed by atoms with E-state index in [1.165, 1.54) is 0 Å². The van der Waals surface area contributed by atoms with Crippen LogP contribution in [0.3, 0.4) is 0 Å². The van der Waals surface area contributed by atoms with E-state index in [4.69, 9.17) is 9.72 Å². The van der Waals surface area contributed by atoms with Gasteiger partial charge in [0.05, 0.1) is 0 Å². The maximum Gasteiger partial charge on any atom is 0.266 e. The summed E-state index contributed by atoms with van der Waals surface area (Å²) in [5.74, 6) is 1.06. The van der Waals surface area contributed by atoms with E-state index in [1.807, 2.05) is 90.3 Å². The first-order valence-corrected chi connectivity index (χ1v) is 9.18. The van der Waals surface area contributed by atoms with Crippen molar-refractivity contribution in [1.82, 2.24) is 9.38 Å². The number of benzene rings is 2. The maximum atomic E-state index is 12.8. The molecule has 5 nitrogen and oxygen atoms in total. The monoisotopic (exact) mass is 371 g/mol. The van der Waals surface area contributed by atoms with Gasteiger partial charge in [0, 0.05) is 11.8 Å². The van der Waals surface area contributed by atoms with E-state index in [2.05, 4.69) is 5.32 Å². The van der Waals surface area contributed by atoms with Crippen LogP contribution >= 0.6 is 0 Å². The lowest BCUT2D eigenvalue weighted by Crippen LogP contribution is -2.30. The number of anilines is 1. The molecule has 140 valence electrons. The predicted octanol–water partition coefficient (Wildman–Crippen LogP) is 4.72. The van der Waals surface area contributed by atoms with Crippen LogP contribution in [-0.4, -0.2) is 21.4 Å². The highest BCUT2D eigenvalue weighted by Crippen LogP contribution is 2.28. The van der Waals surface area contributed by atoms with Crippen molar-refractivity contribution in [3.63, 3.8) is 0 Å². The number of aromatic nitrogens is 2. The largest absolute Gasteiger partial charge is 0.481 e. The van der Waals surface area contributed by atoms with Crippen LogP contribution in [0.4, 0.5) is 5.82 Å². The molecule has 2 heterocycles. The van der Waals surface area contributed by atoms with E-state index in [9.17, 15) is 4.79 Å². The number of carbonyl (C=O) groups excluding carboxylic acids is 1. The number of ether oxygens (including phenoxy) is 1. The number of nitrogens with zero attached hydrogens (tertiary/aromatic N) is 2. The summed E-state index contributed by atoms with van der Waals surface area (Å²) in [6, 6.07) is 23.2. The van der Waals surface area contributed by atoms with E-state index in [0.29, 0.717) is 11.6 Å². The van der Waals surface area contributed by atoms with Gasteiger partial charge in [0.25, 0.3) is 5.91 Å². The number of aryl methyl sites for hydroxylation is 1. The van der Waals surface area contributed by atoms with Gasteiger partial charge in [0.1, 0.15) is 22.9 Å². The third kappa shape index (κ3) is 3.60. The number of rotatable bonds is 5. The molecular formula is C23H21N3O2. The molecule has 0 radical (unpaired) electrons. The van der Waals surface area contributed by atoms with Gasteiger partial charge in [0.2, 0.25) is 0 Å². The lowest BCUT2D eigenvalue weighted by atomic mass is 10.1. The summed E-state index contributed by atoms with van der Waals surface area (Å²) in [5.41, 5.74) is 3.57. The summed E-state index contributed by atoms with van der Waals surface area (Å²) in [7, 11) is 0. The Kier molecular flexibility index (Phi) is 4.81. The zero-order valence-corrected chi connectivity index (χ0v) is 15.8. The Balaban J connectivity index is 1.63. The molecule has 1 amide bonds. The molecule has 2 aromatic carbocycles. The predicted molar refractivity (Wildman–Crippen MR) is 111 cm³/mol. The molecule has 0 aliphatic heterocycles. The van der Waals surface area contributed by atoms with Crippen LogP contribution in [0.1, 0.15) is 12.5 Å². The maximum absolute atomic E-state index is 12.8. The molecule has 4 rings (SSSR count). The number of hydrogen-bond donors (Lipinski definition) is 1. The lowest BCUT2D eigenvalue weighted by molar-refractivity contribution is -0.122. The van der Waals surface area contributed by atoms with Gasteiger partial charge in [-0.3, -0.25) is 9.20 Å². The second-order valence-corrected chi connectivity index (χ2v) is 6.67. The van der Waals surface area contributed by atoms with Crippen LogP contribution in [0.15, 0.2) is 79.0 Å². The minimum atomic E-state index is -0.652. The van der Waals surface area contributed by atoms with E-state index in [-0.39, 0.29) is 5.91 Å². The third-order valence-electron chi connectivity index (χ3n) is 4.52.